The van der Waals surface area contributed by atoms with E-state index in [-0.39, 0.29) is 41.4 Å². The molecular weight excluding hydrogens is 534 g/mol. The predicted octanol–water partition coefficient (Wildman–Crippen LogP) is 4.22. The molecule has 2 heterocycles. The van der Waals surface area contributed by atoms with Crippen molar-refractivity contribution in [1.82, 2.24) is 9.71 Å². The molecule has 3 aromatic rings. The molecule has 0 bridgehead atoms. The molecule has 1 saturated carbocycles. The number of halogens is 3. The van der Waals surface area contributed by atoms with E-state index in [9.17, 15) is 21.2 Å². The van der Waals surface area contributed by atoms with Crippen LogP contribution in [0, 0.1) is 17.6 Å². The molecule has 1 aliphatic carbocycles. The van der Waals surface area contributed by atoms with Gasteiger partial charge in [-0.25, -0.2) is 35.3 Å². The molecule has 0 saturated heterocycles. The summed E-state index contributed by atoms with van der Waals surface area (Å²) in [5.41, 5.74) is -0.361. The molecule has 190 valence electrons. The highest BCUT2D eigenvalue weighted by atomic mass is 35.5. The van der Waals surface area contributed by atoms with Crippen molar-refractivity contribution in [2.24, 2.45) is 5.92 Å². The fourth-order valence-corrected chi connectivity index (χ4v) is 8.95. The first-order chi connectivity index (χ1) is 17.1. The molecule has 1 aromatic heterocycles. The van der Waals surface area contributed by atoms with Gasteiger partial charge in [0.1, 0.15) is 10.6 Å². The lowest BCUT2D eigenvalue weighted by Gasteiger charge is -2.49. The second kappa shape index (κ2) is 9.05. The first kappa shape index (κ1) is 25.1. The molecule has 1 N–H and O–H groups in total. The Morgan fingerprint density at radius 1 is 1.00 bits per heavy atom. The van der Waals surface area contributed by atoms with E-state index in [1.54, 1.807) is 6.07 Å². The predicted molar refractivity (Wildman–Crippen MR) is 128 cm³/mol. The maximum atomic E-state index is 15.3. The van der Waals surface area contributed by atoms with E-state index in [0.29, 0.717) is 5.02 Å². The van der Waals surface area contributed by atoms with Gasteiger partial charge in [0.05, 0.1) is 17.1 Å². The topological polar surface area (TPSA) is 102 Å². The zero-order valence-corrected chi connectivity index (χ0v) is 21.1. The van der Waals surface area contributed by atoms with Crippen LogP contribution in [-0.2, 0) is 24.6 Å². The van der Waals surface area contributed by atoms with Gasteiger partial charge in [0.25, 0.3) is 10.0 Å². The molecular formula is C24H21ClF2N2O5S2. The van der Waals surface area contributed by atoms with Crippen LogP contribution in [0.1, 0.15) is 24.8 Å². The number of nitrogens with zero attached hydrogens (tertiary/aromatic N) is 1. The molecule has 12 heteroatoms. The van der Waals surface area contributed by atoms with Crippen LogP contribution in [0.4, 0.5) is 8.78 Å². The molecule has 1 unspecified atom stereocenters. The molecule has 3 atom stereocenters. The summed E-state index contributed by atoms with van der Waals surface area (Å²) in [6.45, 7) is -0.234. The number of benzene rings is 2. The lowest BCUT2D eigenvalue weighted by molar-refractivity contribution is 0.113. The Kier molecular flexibility index (Phi) is 6.30. The Balaban J connectivity index is 1.59. The minimum atomic E-state index is -4.31. The molecule has 7 nitrogen and oxygen atoms in total. The highest BCUT2D eigenvalue weighted by Gasteiger charge is 2.59. The Labute approximate surface area is 212 Å². The number of nitrogens with one attached hydrogen (secondary N) is 1. The molecule has 5 rings (SSSR count). The van der Waals surface area contributed by atoms with Crippen LogP contribution in [0.25, 0.3) is 0 Å². The summed E-state index contributed by atoms with van der Waals surface area (Å²) in [6, 6.07) is 11.0. The number of aromatic nitrogens is 1. The SMILES string of the molecule is O=S(=O)(NC1CC[C@@]2(S(=O)(=O)c3ccc(Cl)cc3)c3c(F)ccc(F)c3OC[C@H]2C1)c1ccccn1. The van der Waals surface area contributed by atoms with Gasteiger partial charge in [0.15, 0.2) is 26.4 Å². The van der Waals surface area contributed by atoms with Gasteiger partial charge < -0.3 is 4.74 Å². The maximum absolute atomic E-state index is 15.3. The van der Waals surface area contributed by atoms with Gasteiger partial charge in [0, 0.05) is 23.2 Å². The van der Waals surface area contributed by atoms with E-state index < -0.39 is 54.0 Å². The van der Waals surface area contributed by atoms with Gasteiger partial charge >= 0.3 is 0 Å². The van der Waals surface area contributed by atoms with E-state index in [1.165, 1.54) is 42.6 Å². The van der Waals surface area contributed by atoms with Gasteiger partial charge in [0.2, 0.25) is 0 Å². The number of sulfone groups is 1. The number of hydrogen-bond donors (Lipinski definition) is 1. The van der Waals surface area contributed by atoms with Crippen LogP contribution in [-0.4, -0.2) is 34.5 Å². The number of hydrogen-bond acceptors (Lipinski definition) is 6. The zero-order valence-electron chi connectivity index (χ0n) is 18.7. The van der Waals surface area contributed by atoms with Crippen molar-refractivity contribution in [3.63, 3.8) is 0 Å². The summed E-state index contributed by atoms with van der Waals surface area (Å²) in [5.74, 6) is -3.07. The van der Waals surface area contributed by atoms with Crippen molar-refractivity contribution >= 4 is 31.5 Å². The highest BCUT2D eigenvalue weighted by molar-refractivity contribution is 7.92. The molecule has 0 amide bonds. The second-order valence-corrected chi connectivity index (χ2v) is 13.2. The van der Waals surface area contributed by atoms with Crippen LogP contribution in [0.5, 0.6) is 5.75 Å². The van der Waals surface area contributed by atoms with Crippen LogP contribution in [0.3, 0.4) is 0 Å². The summed E-state index contributed by atoms with van der Waals surface area (Å²) in [6.07, 6.45) is 1.27. The summed E-state index contributed by atoms with van der Waals surface area (Å²) in [7, 11) is -8.29. The highest BCUT2D eigenvalue weighted by Crippen LogP contribution is 2.56. The van der Waals surface area contributed by atoms with E-state index in [0.717, 1.165) is 12.1 Å². The molecule has 2 aliphatic rings. The molecule has 0 radical (unpaired) electrons. The lowest BCUT2D eigenvalue weighted by Crippen LogP contribution is -2.55. The van der Waals surface area contributed by atoms with E-state index in [4.69, 9.17) is 16.3 Å². The third kappa shape index (κ3) is 3.98. The molecule has 1 fully saturated rings. The Morgan fingerprint density at radius 3 is 2.42 bits per heavy atom. The van der Waals surface area contributed by atoms with Crippen molar-refractivity contribution in [3.05, 3.63) is 83.0 Å². The van der Waals surface area contributed by atoms with Crippen LogP contribution < -0.4 is 9.46 Å². The summed E-state index contributed by atoms with van der Waals surface area (Å²) < 4.78 is 90.3. The maximum Gasteiger partial charge on any atom is 0.258 e. The Hall–Kier alpha value is -2.60. The first-order valence-electron chi connectivity index (χ1n) is 11.1. The number of ether oxygens (including phenoxy) is 1. The number of fused-ring (bicyclic) bond motifs is 3. The number of pyridine rings is 1. The van der Waals surface area contributed by atoms with Crippen LogP contribution in [0.2, 0.25) is 5.02 Å². The Morgan fingerprint density at radius 2 is 1.72 bits per heavy atom. The number of rotatable bonds is 5. The summed E-state index contributed by atoms with van der Waals surface area (Å²) in [4.78, 5) is 3.78. The molecule has 2 aromatic carbocycles. The minimum Gasteiger partial charge on any atom is -0.490 e. The van der Waals surface area contributed by atoms with Crippen LogP contribution in [0.15, 0.2) is 70.7 Å². The van der Waals surface area contributed by atoms with Crippen molar-refractivity contribution in [1.29, 1.82) is 0 Å². The van der Waals surface area contributed by atoms with E-state index in [1.807, 2.05) is 0 Å². The lowest BCUT2D eigenvalue weighted by atomic mass is 9.71. The van der Waals surface area contributed by atoms with Gasteiger partial charge in [-0.05, 0) is 67.8 Å². The summed E-state index contributed by atoms with van der Waals surface area (Å²) >= 11 is 5.95. The molecule has 1 aliphatic heterocycles. The van der Waals surface area contributed by atoms with Crippen molar-refractivity contribution in [3.8, 4) is 5.75 Å². The van der Waals surface area contributed by atoms with E-state index >= 15 is 4.39 Å². The quantitative estimate of drug-likeness (QED) is 0.506. The van der Waals surface area contributed by atoms with Crippen molar-refractivity contribution < 1.29 is 30.4 Å². The smallest absolute Gasteiger partial charge is 0.258 e. The standard InChI is InChI=1S/C24H21ClF2N2O5S2/c25-16-4-6-18(7-5-16)35(30,31)24-11-10-17(29-36(32,33)21-3-1-2-12-28-21)13-15(24)14-34-23-20(27)9-8-19(26)22(23)24/h1-9,12,15,17,29H,10-11,13-14H2/t15-,17?,24+/m1/s1. The van der Waals surface area contributed by atoms with Gasteiger partial charge in [-0.1, -0.05) is 17.7 Å². The largest absolute Gasteiger partial charge is 0.490 e. The monoisotopic (exact) mass is 554 g/mol. The zero-order chi connectivity index (χ0) is 25.7. The van der Waals surface area contributed by atoms with E-state index in [2.05, 4.69) is 9.71 Å². The third-order valence-corrected chi connectivity index (χ3v) is 11.1. The fraction of sp³-hybridized carbons (Fsp3) is 0.292. The van der Waals surface area contributed by atoms with Gasteiger partial charge in [-0.15, -0.1) is 0 Å². The van der Waals surface area contributed by atoms with Crippen LogP contribution >= 0.6 is 11.6 Å². The average molecular weight is 555 g/mol. The van der Waals surface area contributed by atoms with Gasteiger partial charge in [-0.2, -0.15) is 0 Å². The van der Waals surface area contributed by atoms with Crippen molar-refractivity contribution in [2.75, 3.05) is 6.61 Å². The number of sulfonamides is 1. The summed E-state index contributed by atoms with van der Waals surface area (Å²) in [5, 5.41) is 0.147. The molecule has 36 heavy (non-hydrogen) atoms. The van der Waals surface area contributed by atoms with Crippen molar-refractivity contribution in [2.45, 2.75) is 40.0 Å². The third-order valence-electron chi connectivity index (χ3n) is 6.84. The Bertz CT molecular complexity index is 1520. The first-order valence-corrected chi connectivity index (χ1v) is 14.5. The van der Waals surface area contributed by atoms with Gasteiger partial charge in [-0.3, -0.25) is 0 Å². The average Bonchev–Trinajstić information content (AvgIpc) is 2.86. The minimum absolute atomic E-state index is 0.0221. The fourth-order valence-electron chi connectivity index (χ4n) is 5.23. The normalized spacial score (nSPS) is 23.9. The molecule has 0 spiro atoms. The second-order valence-electron chi connectivity index (χ2n) is 8.85.